The molecule has 9 heteroatoms. The number of halogens is 1. The van der Waals surface area contributed by atoms with E-state index >= 15 is 0 Å². The topological polar surface area (TPSA) is 126 Å². The fourth-order valence-electron chi connectivity index (χ4n) is 3.00. The first-order valence-corrected chi connectivity index (χ1v) is 9.75. The molecular formula is C21H23ClO8. The Hall–Kier alpha value is -2.04. The smallest absolute Gasteiger partial charge is 0.343 e. The Labute approximate surface area is 178 Å². The van der Waals surface area contributed by atoms with Gasteiger partial charge in [-0.2, -0.15) is 0 Å². The van der Waals surface area contributed by atoms with Gasteiger partial charge in [0.2, 0.25) is 0 Å². The largest absolute Gasteiger partial charge is 0.423 e. The molecule has 0 amide bonds. The molecule has 0 aromatic heterocycles. The molecule has 162 valence electrons. The summed E-state index contributed by atoms with van der Waals surface area (Å²) >= 11 is 5.87. The molecule has 1 heterocycles. The first-order valence-electron chi connectivity index (χ1n) is 9.38. The quantitative estimate of drug-likeness (QED) is 0.371. The third-order valence-corrected chi connectivity index (χ3v) is 4.95. The highest BCUT2D eigenvalue weighted by atomic mass is 35.5. The summed E-state index contributed by atoms with van der Waals surface area (Å²) in [7, 11) is 0. The van der Waals surface area contributed by atoms with Crippen molar-refractivity contribution in [3.8, 4) is 5.75 Å². The summed E-state index contributed by atoms with van der Waals surface area (Å²) in [4.78, 5) is 12.1. The molecule has 0 aliphatic carbocycles. The van der Waals surface area contributed by atoms with Crippen LogP contribution in [0.15, 0.2) is 48.5 Å². The van der Waals surface area contributed by atoms with Crippen LogP contribution >= 0.6 is 11.6 Å². The van der Waals surface area contributed by atoms with E-state index in [1.807, 2.05) is 0 Å². The van der Waals surface area contributed by atoms with E-state index < -0.39 is 43.3 Å². The fraction of sp³-hybridized carbons (Fsp3) is 0.381. The van der Waals surface area contributed by atoms with Crippen molar-refractivity contribution in [2.75, 3.05) is 13.2 Å². The number of esters is 1. The number of aliphatic hydroxyl groups excluding tert-OH is 4. The molecule has 3 rings (SSSR count). The summed E-state index contributed by atoms with van der Waals surface area (Å²) < 4.78 is 16.1. The minimum absolute atomic E-state index is 0.157. The van der Waals surface area contributed by atoms with Crippen LogP contribution in [0.3, 0.4) is 0 Å². The zero-order chi connectivity index (χ0) is 21.7. The van der Waals surface area contributed by atoms with E-state index in [1.165, 1.54) is 6.07 Å². The average molecular weight is 439 g/mol. The number of rotatable bonds is 7. The Morgan fingerprint density at radius 2 is 1.77 bits per heavy atom. The van der Waals surface area contributed by atoms with E-state index in [1.54, 1.807) is 42.5 Å². The van der Waals surface area contributed by atoms with E-state index in [4.69, 9.17) is 25.8 Å². The second-order valence-corrected chi connectivity index (χ2v) is 7.30. The Bertz CT molecular complexity index is 841. The predicted octanol–water partition coefficient (Wildman–Crippen LogP) is 0.918. The molecule has 8 nitrogen and oxygen atoms in total. The normalized spacial score (nSPS) is 26.4. The number of ether oxygens (including phenoxy) is 3. The van der Waals surface area contributed by atoms with Crippen LogP contribution in [-0.4, -0.2) is 70.3 Å². The Morgan fingerprint density at radius 1 is 1.03 bits per heavy atom. The summed E-state index contributed by atoms with van der Waals surface area (Å²) in [6.07, 6.45) is -6.06. The van der Waals surface area contributed by atoms with Gasteiger partial charge in [0.25, 0.3) is 0 Å². The van der Waals surface area contributed by atoms with Gasteiger partial charge in [-0.1, -0.05) is 29.8 Å². The van der Waals surface area contributed by atoms with Gasteiger partial charge in [-0.25, -0.2) is 4.79 Å². The summed E-state index contributed by atoms with van der Waals surface area (Å²) in [5.41, 5.74) is 1.22. The van der Waals surface area contributed by atoms with Crippen molar-refractivity contribution < 1.29 is 39.4 Å². The van der Waals surface area contributed by atoms with Crippen LogP contribution in [0.4, 0.5) is 0 Å². The van der Waals surface area contributed by atoms with E-state index in [2.05, 4.69) is 0 Å². The summed E-state index contributed by atoms with van der Waals surface area (Å²) in [6, 6.07) is 13.3. The highest BCUT2D eigenvalue weighted by Gasteiger charge is 2.43. The average Bonchev–Trinajstić information content (AvgIpc) is 2.75. The zero-order valence-electron chi connectivity index (χ0n) is 15.9. The lowest BCUT2D eigenvalue weighted by Gasteiger charge is -2.39. The Morgan fingerprint density at radius 3 is 2.43 bits per heavy atom. The van der Waals surface area contributed by atoms with Crippen molar-refractivity contribution in [1.82, 2.24) is 0 Å². The molecule has 1 fully saturated rings. The van der Waals surface area contributed by atoms with Crippen molar-refractivity contribution in [3.63, 3.8) is 0 Å². The Kier molecular flexibility index (Phi) is 7.79. The zero-order valence-corrected chi connectivity index (χ0v) is 16.7. The number of carbonyl (C=O) groups excluding carboxylic acids is 1. The van der Waals surface area contributed by atoms with Gasteiger partial charge in [0.15, 0.2) is 6.29 Å². The molecule has 2 aromatic rings. The van der Waals surface area contributed by atoms with E-state index in [9.17, 15) is 25.2 Å². The number of aliphatic hydroxyl groups is 4. The van der Waals surface area contributed by atoms with Gasteiger partial charge in [0.1, 0.15) is 30.2 Å². The number of hydrogen-bond acceptors (Lipinski definition) is 8. The minimum Gasteiger partial charge on any atom is -0.423 e. The van der Waals surface area contributed by atoms with Crippen LogP contribution in [0.2, 0.25) is 5.02 Å². The molecule has 1 aliphatic heterocycles. The second-order valence-electron chi connectivity index (χ2n) is 6.86. The van der Waals surface area contributed by atoms with E-state index in [0.717, 1.165) is 5.56 Å². The molecule has 0 bridgehead atoms. The van der Waals surface area contributed by atoms with Crippen molar-refractivity contribution in [1.29, 1.82) is 0 Å². The first kappa shape index (κ1) is 22.6. The van der Waals surface area contributed by atoms with E-state index in [0.29, 0.717) is 22.8 Å². The summed E-state index contributed by atoms with van der Waals surface area (Å²) in [6.45, 7) is -0.357. The van der Waals surface area contributed by atoms with Crippen molar-refractivity contribution in [2.45, 2.75) is 37.1 Å². The van der Waals surface area contributed by atoms with Crippen molar-refractivity contribution in [3.05, 3.63) is 64.7 Å². The fourth-order valence-corrected chi connectivity index (χ4v) is 3.19. The van der Waals surface area contributed by atoms with Gasteiger partial charge < -0.3 is 34.6 Å². The van der Waals surface area contributed by atoms with Gasteiger partial charge >= 0.3 is 5.97 Å². The van der Waals surface area contributed by atoms with Crippen LogP contribution in [0.5, 0.6) is 5.75 Å². The number of hydrogen-bond donors (Lipinski definition) is 4. The van der Waals surface area contributed by atoms with Gasteiger partial charge in [0.05, 0.1) is 18.8 Å². The third kappa shape index (κ3) is 5.55. The molecular weight excluding hydrogens is 416 g/mol. The van der Waals surface area contributed by atoms with Crippen LogP contribution < -0.4 is 4.74 Å². The number of carbonyl (C=O) groups is 1. The molecule has 1 saturated heterocycles. The standard InChI is InChI=1S/C21H23ClO8/c22-14-3-1-2-13(10-14)20(27)29-15-6-4-12(5-7-15)8-9-28-21-19(26)18(25)17(24)16(11-23)30-21/h1-7,10,16-19,21,23-26H,8-9,11H2/t16-,17-,18+,19-,21-/m1/s1. The third-order valence-electron chi connectivity index (χ3n) is 4.72. The van der Waals surface area contributed by atoms with Crippen LogP contribution in [-0.2, 0) is 15.9 Å². The van der Waals surface area contributed by atoms with Gasteiger partial charge in [0, 0.05) is 5.02 Å². The highest BCUT2D eigenvalue weighted by Crippen LogP contribution is 2.22. The van der Waals surface area contributed by atoms with Gasteiger partial charge in [-0.15, -0.1) is 0 Å². The summed E-state index contributed by atoms with van der Waals surface area (Å²) in [5.74, 6) is -0.144. The minimum atomic E-state index is -1.48. The highest BCUT2D eigenvalue weighted by molar-refractivity contribution is 6.30. The van der Waals surface area contributed by atoms with Gasteiger partial charge in [-0.3, -0.25) is 0 Å². The molecule has 0 spiro atoms. The first-order chi connectivity index (χ1) is 14.4. The summed E-state index contributed by atoms with van der Waals surface area (Å²) in [5, 5.41) is 39.1. The lowest BCUT2D eigenvalue weighted by atomic mass is 9.99. The molecule has 1 aliphatic rings. The maximum absolute atomic E-state index is 12.1. The SMILES string of the molecule is O=C(Oc1ccc(CCO[C@@H]2O[C@H](CO)[C@@H](O)[C@H](O)[C@H]2O)cc1)c1cccc(Cl)c1. The maximum Gasteiger partial charge on any atom is 0.343 e. The molecule has 30 heavy (non-hydrogen) atoms. The number of benzene rings is 2. The lowest BCUT2D eigenvalue weighted by molar-refractivity contribution is -0.300. The molecule has 4 N–H and O–H groups in total. The molecule has 5 atom stereocenters. The van der Waals surface area contributed by atoms with Gasteiger partial charge in [-0.05, 0) is 42.3 Å². The van der Waals surface area contributed by atoms with E-state index in [-0.39, 0.29) is 6.61 Å². The molecule has 0 radical (unpaired) electrons. The van der Waals surface area contributed by atoms with Crippen LogP contribution in [0.25, 0.3) is 0 Å². The second kappa shape index (κ2) is 10.3. The molecule has 0 saturated carbocycles. The molecule has 0 unspecified atom stereocenters. The van der Waals surface area contributed by atoms with Crippen molar-refractivity contribution >= 4 is 17.6 Å². The Balaban J connectivity index is 1.49. The maximum atomic E-state index is 12.1. The molecule has 2 aromatic carbocycles. The lowest BCUT2D eigenvalue weighted by Crippen LogP contribution is -2.59. The van der Waals surface area contributed by atoms with Crippen LogP contribution in [0.1, 0.15) is 15.9 Å². The van der Waals surface area contributed by atoms with Crippen molar-refractivity contribution in [2.24, 2.45) is 0 Å². The predicted molar refractivity (Wildman–Crippen MR) is 106 cm³/mol. The monoisotopic (exact) mass is 438 g/mol. The van der Waals surface area contributed by atoms with Crippen LogP contribution in [0, 0.1) is 0 Å².